The van der Waals surface area contributed by atoms with Crippen LogP contribution in [0.4, 0.5) is 0 Å². The summed E-state index contributed by atoms with van der Waals surface area (Å²) in [4.78, 5) is 0. The Morgan fingerprint density at radius 1 is 1.62 bits per heavy atom. The highest BCUT2D eigenvalue weighted by atomic mass is 32.2. The van der Waals surface area contributed by atoms with Crippen LogP contribution in [0.3, 0.4) is 0 Å². The molecule has 4 nitrogen and oxygen atoms in total. The fourth-order valence-electron chi connectivity index (χ4n) is 1.07. The third kappa shape index (κ3) is 4.10. The van der Waals surface area contributed by atoms with Crippen LogP contribution in [0.2, 0.25) is 0 Å². The lowest BCUT2D eigenvalue weighted by Gasteiger charge is -2.06. The fraction of sp³-hybridized carbons (Fsp3) is 0.500. The molecule has 1 rings (SSSR count). The summed E-state index contributed by atoms with van der Waals surface area (Å²) in [6.45, 7) is 0. The van der Waals surface area contributed by atoms with Gasteiger partial charge >= 0.3 is 0 Å². The minimum absolute atomic E-state index is 0.228. The number of aliphatic hydroxyl groups excluding tert-OH is 1. The first-order valence-electron chi connectivity index (χ1n) is 3.85. The summed E-state index contributed by atoms with van der Waals surface area (Å²) in [5, 5.41) is 9.32. The molecule has 74 valence electrons. The summed E-state index contributed by atoms with van der Waals surface area (Å²) in [6.07, 6.45) is 1.93. The predicted octanol–water partition coefficient (Wildman–Crippen LogP) is 0.228. The molecule has 0 aromatic carbocycles. The van der Waals surface area contributed by atoms with Crippen molar-refractivity contribution < 1.29 is 17.9 Å². The zero-order valence-corrected chi connectivity index (χ0v) is 8.12. The normalized spacial score (nSPS) is 14.3. The van der Waals surface area contributed by atoms with Crippen LogP contribution in [0.1, 0.15) is 5.76 Å². The first-order chi connectivity index (χ1) is 5.97. The van der Waals surface area contributed by atoms with Crippen molar-refractivity contribution in [1.82, 2.24) is 0 Å². The molecule has 1 aromatic rings. The van der Waals surface area contributed by atoms with E-state index in [2.05, 4.69) is 0 Å². The Morgan fingerprint density at radius 3 is 2.77 bits per heavy atom. The molecule has 0 aliphatic rings. The summed E-state index contributed by atoms with van der Waals surface area (Å²) >= 11 is 0. The zero-order chi connectivity index (χ0) is 9.90. The van der Waals surface area contributed by atoms with Gasteiger partial charge in [0.05, 0.1) is 18.1 Å². The summed E-state index contributed by atoms with van der Waals surface area (Å²) < 4.78 is 26.5. The lowest BCUT2D eigenvalue weighted by atomic mass is 10.2. The van der Waals surface area contributed by atoms with Gasteiger partial charge in [0.1, 0.15) is 15.6 Å². The standard InChI is InChI=1S/C8H12O4S/c1-13(10,11)6-7(9)5-8-3-2-4-12-8/h2-4,7,9H,5-6H2,1H3. The second-order valence-electron chi connectivity index (χ2n) is 3.03. The van der Waals surface area contributed by atoms with Gasteiger partial charge in [-0.15, -0.1) is 0 Å². The van der Waals surface area contributed by atoms with Crippen LogP contribution in [-0.4, -0.2) is 31.6 Å². The summed E-state index contributed by atoms with van der Waals surface area (Å²) in [6, 6.07) is 3.40. The van der Waals surface area contributed by atoms with E-state index in [4.69, 9.17) is 4.42 Å². The molecular formula is C8H12O4S. The molecule has 1 atom stereocenters. The summed E-state index contributed by atoms with van der Waals surface area (Å²) in [5.74, 6) is 0.365. The Bertz CT molecular complexity index is 338. The SMILES string of the molecule is CS(=O)(=O)CC(O)Cc1ccco1. The van der Waals surface area contributed by atoms with Crippen LogP contribution in [0, 0.1) is 0 Å². The molecule has 0 radical (unpaired) electrons. The number of hydrogen-bond acceptors (Lipinski definition) is 4. The van der Waals surface area contributed by atoms with Crippen LogP contribution in [0.5, 0.6) is 0 Å². The van der Waals surface area contributed by atoms with Gasteiger partial charge in [0.25, 0.3) is 0 Å². The lowest BCUT2D eigenvalue weighted by Crippen LogP contribution is -2.21. The van der Waals surface area contributed by atoms with E-state index in [1.807, 2.05) is 0 Å². The van der Waals surface area contributed by atoms with E-state index < -0.39 is 15.9 Å². The van der Waals surface area contributed by atoms with Gasteiger partial charge in [-0.3, -0.25) is 0 Å². The smallest absolute Gasteiger partial charge is 0.150 e. The van der Waals surface area contributed by atoms with Crippen molar-refractivity contribution in [3.8, 4) is 0 Å². The molecular weight excluding hydrogens is 192 g/mol. The largest absolute Gasteiger partial charge is 0.469 e. The third-order valence-corrected chi connectivity index (χ3v) is 2.50. The van der Waals surface area contributed by atoms with Gasteiger partial charge in [-0.1, -0.05) is 0 Å². The number of hydrogen-bond donors (Lipinski definition) is 1. The van der Waals surface area contributed by atoms with Crippen molar-refractivity contribution in [3.63, 3.8) is 0 Å². The van der Waals surface area contributed by atoms with Gasteiger partial charge < -0.3 is 9.52 Å². The van der Waals surface area contributed by atoms with E-state index >= 15 is 0 Å². The van der Waals surface area contributed by atoms with Crippen LogP contribution < -0.4 is 0 Å². The van der Waals surface area contributed by atoms with E-state index in [1.54, 1.807) is 12.1 Å². The van der Waals surface area contributed by atoms with Crippen molar-refractivity contribution in [2.45, 2.75) is 12.5 Å². The van der Waals surface area contributed by atoms with Gasteiger partial charge in [0.2, 0.25) is 0 Å². The lowest BCUT2D eigenvalue weighted by molar-refractivity contribution is 0.190. The van der Waals surface area contributed by atoms with Crippen LogP contribution in [0.25, 0.3) is 0 Å². The van der Waals surface area contributed by atoms with E-state index in [9.17, 15) is 13.5 Å². The predicted molar refractivity (Wildman–Crippen MR) is 48.1 cm³/mol. The highest BCUT2D eigenvalue weighted by molar-refractivity contribution is 7.90. The average molecular weight is 204 g/mol. The minimum Gasteiger partial charge on any atom is -0.469 e. The number of furan rings is 1. The van der Waals surface area contributed by atoms with E-state index in [1.165, 1.54) is 6.26 Å². The second kappa shape index (κ2) is 3.93. The second-order valence-corrected chi connectivity index (χ2v) is 5.21. The van der Waals surface area contributed by atoms with Gasteiger partial charge in [0.15, 0.2) is 0 Å². The van der Waals surface area contributed by atoms with E-state index in [0.29, 0.717) is 5.76 Å². The molecule has 0 fully saturated rings. The van der Waals surface area contributed by atoms with Gasteiger partial charge in [-0.05, 0) is 12.1 Å². The molecule has 5 heteroatoms. The molecule has 1 heterocycles. The Balaban J connectivity index is 2.47. The van der Waals surface area contributed by atoms with Crippen molar-refractivity contribution in [1.29, 1.82) is 0 Å². The molecule has 1 unspecified atom stereocenters. The maximum Gasteiger partial charge on any atom is 0.150 e. The van der Waals surface area contributed by atoms with Crippen molar-refractivity contribution in [3.05, 3.63) is 24.2 Å². The molecule has 13 heavy (non-hydrogen) atoms. The number of aliphatic hydroxyl groups is 1. The maximum absolute atomic E-state index is 10.8. The molecule has 0 saturated carbocycles. The van der Waals surface area contributed by atoms with Crippen molar-refractivity contribution >= 4 is 9.84 Å². The first kappa shape index (κ1) is 10.3. The Hall–Kier alpha value is -0.810. The molecule has 0 bridgehead atoms. The molecule has 0 aliphatic carbocycles. The van der Waals surface area contributed by atoms with E-state index in [-0.39, 0.29) is 12.2 Å². The van der Waals surface area contributed by atoms with Crippen molar-refractivity contribution in [2.24, 2.45) is 0 Å². The van der Waals surface area contributed by atoms with Gasteiger partial charge in [0, 0.05) is 12.7 Å². The Labute approximate surface area is 77.1 Å². The maximum atomic E-state index is 10.8. The Kier molecular flexibility index (Phi) is 3.11. The summed E-state index contributed by atoms with van der Waals surface area (Å²) in [5.41, 5.74) is 0. The highest BCUT2D eigenvalue weighted by Gasteiger charge is 2.13. The van der Waals surface area contributed by atoms with E-state index in [0.717, 1.165) is 6.26 Å². The molecule has 0 saturated heterocycles. The van der Waals surface area contributed by atoms with Gasteiger partial charge in [-0.25, -0.2) is 8.42 Å². The molecule has 0 amide bonds. The van der Waals surface area contributed by atoms with Crippen LogP contribution >= 0.6 is 0 Å². The average Bonchev–Trinajstić information content (AvgIpc) is 2.34. The summed E-state index contributed by atoms with van der Waals surface area (Å²) in [7, 11) is -3.12. The number of rotatable bonds is 4. The first-order valence-corrected chi connectivity index (χ1v) is 5.91. The number of sulfone groups is 1. The third-order valence-electron chi connectivity index (χ3n) is 1.51. The molecule has 0 spiro atoms. The highest BCUT2D eigenvalue weighted by Crippen LogP contribution is 2.05. The molecule has 1 N–H and O–H groups in total. The quantitative estimate of drug-likeness (QED) is 0.762. The monoisotopic (exact) mass is 204 g/mol. The molecule has 0 aliphatic heterocycles. The van der Waals surface area contributed by atoms with Crippen molar-refractivity contribution in [2.75, 3.05) is 12.0 Å². The van der Waals surface area contributed by atoms with Gasteiger partial charge in [-0.2, -0.15) is 0 Å². The zero-order valence-electron chi connectivity index (χ0n) is 7.30. The minimum atomic E-state index is -3.12. The topological polar surface area (TPSA) is 67.5 Å². The molecule has 1 aromatic heterocycles. The van der Waals surface area contributed by atoms with Crippen LogP contribution in [-0.2, 0) is 16.3 Å². The van der Waals surface area contributed by atoms with Crippen LogP contribution in [0.15, 0.2) is 22.8 Å². The fourth-order valence-corrected chi connectivity index (χ4v) is 1.89. The Morgan fingerprint density at radius 2 is 2.31 bits per heavy atom.